The highest BCUT2D eigenvalue weighted by atomic mass is 19.1. The molecular formula is C19H17F2N3O3. The number of nitrogens with zero attached hydrogens (tertiary/aromatic N) is 2. The number of halogens is 2. The molecule has 1 aromatic heterocycles. The van der Waals surface area contributed by atoms with Crippen LogP contribution in [0.5, 0.6) is 5.75 Å². The van der Waals surface area contributed by atoms with E-state index < -0.39 is 28.9 Å². The minimum absolute atomic E-state index is 0.0314. The van der Waals surface area contributed by atoms with Crippen LogP contribution in [0.1, 0.15) is 23.0 Å². The summed E-state index contributed by atoms with van der Waals surface area (Å²) in [6, 6.07) is 8.21. The van der Waals surface area contributed by atoms with Crippen molar-refractivity contribution in [3.63, 3.8) is 0 Å². The van der Waals surface area contributed by atoms with Crippen LogP contribution in [0.3, 0.4) is 0 Å². The van der Waals surface area contributed by atoms with Crippen molar-refractivity contribution in [2.24, 2.45) is 0 Å². The van der Waals surface area contributed by atoms with Gasteiger partial charge in [-0.1, -0.05) is 12.1 Å². The SMILES string of the molecule is CCOC(=O)c1c(F)cc(NCc2cnc3ccccc3n2)c(F)c1OC. The van der Waals surface area contributed by atoms with Gasteiger partial charge in [0.25, 0.3) is 0 Å². The van der Waals surface area contributed by atoms with Crippen molar-refractivity contribution in [3.8, 4) is 5.75 Å². The fraction of sp³-hybridized carbons (Fsp3) is 0.211. The second-order valence-corrected chi connectivity index (χ2v) is 5.55. The molecule has 0 spiro atoms. The molecule has 0 bridgehead atoms. The maximum Gasteiger partial charge on any atom is 0.345 e. The number of carbonyl (C=O) groups excluding carboxylic acids is 1. The molecule has 3 rings (SSSR count). The van der Waals surface area contributed by atoms with Crippen molar-refractivity contribution in [2.75, 3.05) is 19.0 Å². The number of esters is 1. The predicted molar refractivity (Wildman–Crippen MR) is 95.7 cm³/mol. The number of aromatic nitrogens is 2. The quantitative estimate of drug-likeness (QED) is 0.664. The van der Waals surface area contributed by atoms with E-state index in [0.717, 1.165) is 18.7 Å². The lowest BCUT2D eigenvalue weighted by Gasteiger charge is -2.14. The smallest absolute Gasteiger partial charge is 0.345 e. The highest BCUT2D eigenvalue weighted by Gasteiger charge is 2.25. The molecule has 0 amide bonds. The lowest BCUT2D eigenvalue weighted by Crippen LogP contribution is -2.13. The van der Waals surface area contributed by atoms with E-state index in [4.69, 9.17) is 9.47 Å². The zero-order chi connectivity index (χ0) is 19.4. The van der Waals surface area contributed by atoms with E-state index in [-0.39, 0.29) is 18.8 Å². The van der Waals surface area contributed by atoms with Crippen LogP contribution in [-0.2, 0) is 11.3 Å². The van der Waals surface area contributed by atoms with E-state index in [2.05, 4.69) is 15.3 Å². The molecule has 0 aliphatic carbocycles. The van der Waals surface area contributed by atoms with E-state index in [9.17, 15) is 13.6 Å². The van der Waals surface area contributed by atoms with Gasteiger partial charge < -0.3 is 14.8 Å². The molecule has 0 saturated carbocycles. The number of hydrogen-bond acceptors (Lipinski definition) is 6. The summed E-state index contributed by atoms with van der Waals surface area (Å²) < 4.78 is 38.7. The summed E-state index contributed by atoms with van der Waals surface area (Å²) in [4.78, 5) is 20.5. The summed E-state index contributed by atoms with van der Waals surface area (Å²) in [7, 11) is 1.15. The Kier molecular flexibility index (Phi) is 5.44. The first kappa shape index (κ1) is 18.5. The minimum atomic E-state index is -0.988. The van der Waals surface area contributed by atoms with E-state index >= 15 is 0 Å². The number of rotatable bonds is 6. The maximum absolute atomic E-state index is 14.7. The van der Waals surface area contributed by atoms with Crippen LogP contribution in [0.15, 0.2) is 36.5 Å². The Labute approximate surface area is 154 Å². The van der Waals surface area contributed by atoms with Gasteiger partial charge >= 0.3 is 5.97 Å². The van der Waals surface area contributed by atoms with E-state index in [1.54, 1.807) is 13.1 Å². The summed E-state index contributed by atoms with van der Waals surface area (Å²) in [5.41, 5.74) is 1.24. The molecule has 0 aliphatic rings. The third kappa shape index (κ3) is 3.79. The molecular weight excluding hydrogens is 356 g/mol. The van der Waals surface area contributed by atoms with Gasteiger partial charge in [-0.05, 0) is 19.1 Å². The largest absolute Gasteiger partial charge is 0.493 e. The fourth-order valence-corrected chi connectivity index (χ4v) is 2.58. The molecule has 1 N–H and O–H groups in total. The van der Waals surface area contributed by atoms with Crippen LogP contribution in [0.25, 0.3) is 11.0 Å². The van der Waals surface area contributed by atoms with Gasteiger partial charge in [0.2, 0.25) is 0 Å². The first-order valence-electron chi connectivity index (χ1n) is 8.22. The topological polar surface area (TPSA) is 73.3 Å². The molecule has 0 atom stereocenters. The van der Waals surface area contributed by atoms with E-state index in [0.29, 0.717) is 11.2 Å². The van der Waals surface area contributed by atoms with Crippen molar-refractivity contribution >= 4 is 22.7 Å². The molecule has 0 aliphatic heterocycles. The molecule has 8 heteroatoms. The number of ether oxygens (including phenoxy) is 2. The second-order valence-electron chi connectivity index (χ2n) is 5.55. The molecule has 0 fully saturated rings. The number of benzene rings is 2. The zero-order valence-electron chi connectivity index (χ0n) is 14.8. The Hall–Kier alpha value is -3.29. The molecule has 140 valence electrons. The van der Waals surface area contributed by atoms with Crippen molar-refractivity contribution in [3.05, 3.63) is 59.4 Å². The highest BCUT2D eigenvalue weighted by Crippen LogP contribution is 2.32. The average Bonchev–Trinajstić information content (AvgIpc) is 2.67. The lowest BCUT2D eigenvalue weighted by molar-refractivity contribution is 0.0516. The van der Waals surface area contributed by atoms with Gasteiger partial charge in [-0.2, -0.15) is 0 Å². The summed E-state index contributed by atoms with van der Waals surface area (Å²) in [5, 5.41) is 2.76. The average molecular weight is 373 g/mol. The van der Waals surface area contributed by atoms with Crippen LogP contribution < -0.4 is 10.1 Å². The Bertz CT molecular complexity index is 995. The summed E-state index contributed by atoms with van der Waals surface area (Å²) >= 11 is 0. The first-order chi connectivity index (χ1) is 13.0. The van der Waals surface area contributed by atoms with Crippen LogP contribution in [0, 0.1) is 11.6 Å². The van der Waals surface area contributed by atoms with E-state index in [1.165, 1.54) is 0 Å². The monoisotopic (exact) mass is 373 g/mol. The van der Waals surface area contributed by atoms with Gasteiger partial charge in [0.15, 0.2) is 11.6 Å². The third-order valence-corrected chi connectivity index (χ3v) is 3.81. The summed E-state index contributed by atoms with van der Waals surface area (Å²) in [6.45, 7) is 1.71. The van der Waals surface area contributed by atoms with Gasteiger partial charge in [0.05, 0.1) is 48.9 Å². The van der Waals surface area contributed by atoms with Gasteiger partial charge in [-0.25, -0.2) is 18.6 Å². The Morgan fingerprint density at radius 1 is 1.22 bits per heavy atom. The summed E-state index contributed by atoms with van der Waals surface area (Å²) in [5.74, 6) is -3.34. The third-order valence-electron chi connectivity index (χ3n) is 3.81. The second kappa shape index (κ2) is 7.94. The Morgan fingerprint density at radius 2 is 1.96 bits per heavy atom. The lowest BCUT2D eigenvalue weighted by atomic mass is 10.1. The number of carbonyl (C=O) groups is 1. The summed E-state index contributed by atoms with van der Waals surface area (Å²) in [6.07, 6.45) is 1.55. The number of methoxy groups -OCH3 is 1. The van der Waals surface area contributed by atoms with Crippen LogP contribution in [0.2, 0.25) is 0 Å². The normalized spacial score (nSPS) is 10.7. The van der Waals surface area contributed by atoms with Crippen molar-refractivity contribution in [2.45, 2.75) is 13.5 Å². The number of anilines is 1. The molecule has 1 heterocycles. The molecule has 0 unspecified atom stereocenters. The molecule has 0 saturated heterocycles. The number of nitrogens with one attached hydrogen (secondary N) is 1. The van der Waals surface area contributed by atoms with E-state index in [1.807, 2.05) is 24.3 Å². The predicted octanol–water partition coefficient (Wildman–Crippen LogP) is 3.71. The maximum atomic E-state index is 14.7. The van der Waals surface area contributed by atoms with Crippen LogP contribution in [0.4, 0.5) is 14.5 Å². The van der Waals surface area contributed by atoms with Crippen molar-refractivity contribution in [1.82, 2.24) is 9.97 Å². The number of hydrogen-bond donors (Lipinski definition) is 1. The van der Waals surface area contributed by atoms with Gasteiger partial charge in [0.1, 0.15) is 11.4 Å². The Morgan fingerprint density at radius 3 is 2.67 bits per heavy atom. The molecule has 2 aromatic carbocycles. The van der Waals surface area contributed by atoms with Crippen LogP contribution in [-0.4, -0.2) is 29.7 Å². The molecule has 27 heavy (non-hydrogen) atoms. The van der Waals surface area contributed by atoms with Gasteiger partial charge in [0, 0.05) is 6.07 Å². The fourth-order valence-electron chi connectivity index (χ4n) is 2.58. The number of fused-ring (bicyclic) bond motifs is 1. The standard InChI is InChI=1S/C19H17F2N3O3/c1-3-27-19(25)16-12(20)8-15(17(21)18(16)26-2)23-10-11-9-22-13-6-4-5-7-14(13)24-11/h4-9,23H,3,10H2,1-2H3. The first-order valence-corrected chi connectivity index (χ1v) is 8.22. The van der Waals surface area contributed by atoms with Gasteiger partial charge in [-0.15, -0.1) is 0 Å². The highest BCUT2D eigenvalue weighted by molar-refractivity contribution is 5.93. The molecule has 0 radical (unpaired) electrons. The Balaban J connectivity index is 1.87. The zero-order valence-corrected chi connectivity index (χ0v) is 14.8. The van der Waals surface area contributed by atoms with Crippen LogP contribution >= 0.6 is 0 Å². The minimum Gasteiger partial charge on any atom is -0.493 e. The molecule has 6 nitrogen and oxygen atoms in total. The number of para-hydroxylation sites is 2. The van der Waals surface area contributed by atoms with Crippen molar-refractivity contribution in [1.29, 1.82) is 0 Å². The van der Waals surface area contributed by atoms with Crippen molar-refractivity contribution < 1.29 is 23.0 Å². The molecule has 3 aromatic rings. The van der Waals surface area contributed by atoms with Gasteiger partial charge in [-0.3, -0.25) is 4.98 Å².